The minimum Gasteiger partial charge on any atom is -0.493 e. The van der Waals surface area contributed by atoms with Gasteiger partial charge < -0.3 is 24.3 Å². The molecule has 0 radical (unpaired) electrons. The largest absolute Gasteiger partial charge is 0.493 e. The van der Waals surface area contributed by atoms with Gasteiger partial charge in [-0.2, -0.15) is 13.2 Å². The van der Waals surface area contributed by atoms with Crippen LogP contribution in [0.2, 0.25) is 0 Å². The molecular weight excluding hydrogens is 525 g/mol. The van der Waals surface area contributed by atoms with Crippen molar-refractivity contribution in [2.75, 3.05) is 31.6 Å². The van der Waals surface area contributed by atoms with E-state index in [2.05, 4.69) is 21.8 Å². The second-order valence-corrected chi connectivity index (χ2v) is 10.6. The van der Waals surface area contributed by atoms with E-state index in [1.165, 1.54) is 0 Å². The molecule has 1 aromatic carbocycles. The van der Waals surface area contributed by atoms with Crippen LogP contribution in [-0.2, 0) is 40.3 Å². The number of imidazole rings is 1. The Labute approximate surface area is 233 Å². The molecule has 40 heavy (non-hydrogen) atoms. The predicted molar refractivity (Wildman–Crippen MR) is 144 cm³/mol. The Kier molecular flexibility index (Phi) is 10.3. The first-order valence-corrected chi connectivity index (χ1v) is 14.3. The van der Waals surface area contributed by atoms with Gasteiger partial charge in [-0.1, -0.05) is 38.7 Å². The van der Waals surface area contributed by atoms with Crippen molar-refractivity contribution in [1.29, 1.82) is 0 Å². The van der Waals surface area contributed by atoms with Gasteiger partial charge in [0.1, 0.15) is 12.3 Å². The molecule has 2 aliphatic heterocycles. The van der Waals surface area contributed by atoms with E-state index in [9.17, 15) is 22.8 Å². The fourth-order valence-corrected chi connectivity index (χ4v) is 5.22. The number of hydrogen-bond donors (Lipinski definition) is 1. The zero-order valence-electron chi connectivity index (χ0n) is 23.1. The third kappa shape index (κ3) is 8.63. The van der Waals surface area contributed by atoms with E-state index in [1.807, 2.05) is 6.20 Å². The molecular formula is C29H39F3N4O4. The Bertz CT molecular complexity index is 1130. The average Bonchev–Trinajstić information content (AvgIpc) is 3.28. The van der Waals surface area contributed by atoms with Gasteiger partial charge in [-0.3, -0.25) is 9.59 Å². The number of fused-ring (bicyclic) bond motifs is 2. The quantitative estimate of drug-likeness (QED) is 0.263. The van der Waals surface area contributed by atoms with Crippen LogP contribution in [0.3, 0.4) is 0 Å². The molecule has 0 saturated heterocycles. The van der Waals surface area contributed by atoms with Crippen LogP contribution in [0.15, 0.2) is 24.4 Å². The highest BCUT2D eigenvalue weighted by Gasteiger charge is 2.38. The van der Waals surface area contributed by atoms with Crippen molar-refractivity contribution in [1.82, 2.24) is 14.5 Å². The van der Waals surface area contributed by atoms with Crippen LogP contribution >= 0.6 is 0 Å². The van der Waals surface area contributed by atoms with Crippen molar-refractivity contribution < 1.29 is 32.2 Å². The van der Waals surface area contributed by atoms with Crippen molar-refractivity contribution >= 4 is 17.8 Å². The minimum atomic E-state index is -4.56. The van der Waals surface area contributed by atoms with Crippen LogP contribution in [0.25, 0.3) is 0 Å². The topological polar surface area (TPSA) is 85.7 Å². The Morgan fingerprint density at radius 2 is 1.98 bits per heavy atom. The summed E-state index contributed by atoms with van der Waals surface area (Å²) in [7, 11) is 0. The number of carbonyl (C=O) groups excluding carboxylic acids is 2. The van der Waals surface area contributed by atoms with E-state index >= 15 is 0 Å². The predicted octanol–water partition coefficient (Wildman–Crippen LogP) is 5.29. The van der Waals surface area contributed by atoms with E-state index in [0.29, 0.717) is 24.3 Å². The van der Waals surface area contributed by atoms with E-state index in [4.69, 9.17) is 9.47 Å². The van der Waals surface area contributed by atoms with Crippen LogP contribution < -0.4 is 10.1 Å². The average molecular weight is 565 g/mol. The molecule has 2 aliphatic rings. The number of halogens is 3. The lowest BCUT2D eigenvalue weighted by Crippen LogP contribution is -2.41. The molecule has 1 amide bonds. The monoisotopic (exact) mass is 564 g/mol. The molecule has 0 bridgehead atoms. The number of nitrogens with one attached hydrogen (secondary N) is 1. The highest BCUT2D eigenvalue weighted by atomic mass is 19.4. The summed E-state index contributed by atoms with van der Waals surface area (Å²) in [6.45, 7) is 2.97. The zero-order valence-corrected chi connectivity index (χ0v) is 23.1. The maximum absolute atomic E-state index is 13.4. The van der Waals surface area contributed by atoms with Crippen LogP contribution in [-0.4, -0.2) is 58.8 Å². The molecule has 0 aliphatic carbocycles. The standard InChI is InChI=1S/C29H39F3N4O4/c1-2-3-4-5-6-13-40-26(37)17-22-15-21-8-9-25(16-23(21)18-36(27(22)38)20-29(30,31)32)39-14-10-24-19-35-12-7-11-33-28(35)34-24/h8-9,16,19,22H,2-7,10-15,17-18,20H2,1H3,(H,33,34)/t22-/m0/s1. The number of ether oxygens (including phenoxy) is 2. The number of carbonyl (C=O) groups is 2. The fourth-order valence-electron chi connectivity index (χ4n) is 5.22. The maximum atomic E-state index is 13.4. The van der Waals surface area contributed by atoms with Crippen molar-refractivity contribution in [2.24, 2.45) is 5.92 Å². The summed E-state index contributed by atoms with van der Waals surface area (Å²) in [5.41, 5.74) is 2.22. The first kappa shape index (κ1) is 29.7. The second kappa shape index (κ2) is 13.9. The summed E-state index contributed by atoms with van der Waals surface area (Å²) in [6.07, 6.45) is 3.96. The van der Waals surface area contributed by atoms with Gasteiger partial charge in [0.15, 0.2) is 0 Å². The summed E-state index contributed by atoms with van der Waals surface area (Å²) >= 11 is 0. The Morgan fingerprint density at radius 1 is 1.15 bits per heavy atom. The molecule has 4 rings (SSSR count). The fraction of sp³-hybridized carbons (Fsp3) is 0.621. The van der Waals surface area contributed by atoms with E-state index in [1.54, 1.807) is 18.2 Å². The van der Waals surface area contributed by atoms with Crippen molar-refractivity contribution in [2.45, 2.75) is 84.0 Å². The van der Waals surface area contributed by atoms with E-state index in [0.717, 1.165) is 73.7 Å². The number of esters is 1. The van der Waals surface area contributed by atoms with Crippen LogP contribution in [0, 0.1) is 5.92 Å². The summed E-state index contributed by atoms with van der Waals surface area (Å²) in [5, 5.41) is 3.26. The molecule has 2 aromatic rings. The van der Waals surface area contributed by atoms with Gasteiger partial charge in [-0.15, -0.1) is 0 Å². The molecule has 0 fully saturated rings. The second-order valence-electron chi connectivity index (χ2n) is 10.6. The molecule has 11 heteroatoms. The molecule has 0 spiro atoms. The molecule has 1 N–H and O–H groups in total. The minimum absolute atomic E-state index is 0.168. The SMILES string of the molecule is CCCCCCCOC(=O)C[C@@H]1Cc2ccc(OCCc3cn4c(n3)NCCC4)cc2CN(CC(F)(F)F)C1=O. The molecule has 8 nitrogen and oxygen atoms in total. The number of unbranched alkanes of at least 4 members (excludes halogenated alkanes) is 4. The summed E-state index contributed by atoms with van der Waals surface area (Å²) in [4.78, 5) is 31.0. The van der Waals surface area contributed by atoms with Gasteiger partial charge in [0.25, 0.3) is 0 Å². The van der Waals surface area contributed by atoms with Crippen molar-refractivity contribution in [3.8, 4) is 5.75 Å². The molecule has 0 saturated carbocycles. The summed E-state index contributed by atoms with van der Waals surface area (Å²) < 4.78 is 53.4. The Hall–Kier alpha value is -3.24. The number of amides is 1. The highest BCUT2D eigenvalue weighted by molar-refractivity contribution is 5.84. The first-order valence-electron chi connectivity index (χ1n) is 14.3. The lowest BCUT2D eigenvalue weighted by molar-refractivity contribution is -0.165. The smallest absolute Gasteiger partial charge is 0.406 e. The van der Waals surface area contributed by atoms with Gasteiger partial charge in [0.05, 0.1) is 31.2 Å². The molecule has 0 unspecified atom stereocenters. The van der Waals surface area contributed by atoms with Crippen LogP contribution in [0.4, 0.5) is 19.1 Å². The number of nitrogens with zero attached hydrogens (tertiary/aromatic N) is 3. The number of alkyl halides is 3. The summed E-state index contributed by atoms with van der Waals surface area (Å²) in [5.74, 6) is -0.788. The van der Waals surface area contributed by atoms with E-state index < -0.39 is 30.5 Å². The van der Waals surface area contributed by atoms with E-state index in [-0.39, 0.29) is 26.0 Å². The number of benzene rings is 1. The third-order valence-corrected chi connectivity index (χ3v) is 7.27. The van der Waals surface area contributed by atoms with Gasteiger partial charge in [0.2, 0.25) is 11.9 Å². The van der Waals surface area contributed by atoms with Gasteiger partial charge in [-0.25, -0.2) is 4.98 Å². The molecule has 1 atom stereocenters. The van der Waals surface area contributed by atoms with Gasteiger partial charge in [-0.05, 0) is 42.5 Å². The zero-order chi connectivity index (χ0) is 28.5. The molecule has 3 heterocycles. The number of aromatic nitrogens is 2. The third-order valence-electron chi connectivity index (χ3n) is 7.27. The number of rotatable bonds is 13. The van der Waals surface area contributed by atoms with Gasteiger partial charge in [0, 0.05) is 32.3 Å². The number of anilines is 1. The Morgan fingerprint density at radius 3 is 2.75 bits per heavy atom. The lowest BCUT2D eigenvalue weighted by Gasteiger charge is -2.25. The Balaban J connectivity index is 1.38. The lowest BCUT2D eigenvalue weighted by atomic mass is 9.94. The van der Waals surface area contributed by atoms with Crippen LogP contribution in [0.5, 0.6) is 5.75 Å². The summed E-state index contributed by atoms with van der Waals surface area (Å²) in [6, 6.07) is 5.23. The normalized spacial score (nSPS) is 17.1. The van der Waals surface area contributed by atoms with Gasteiger partial charge >= 0.3 is 12.1 Å². The first-order chi connectivity index (χ1) is 19.2. The van der Waals surface area contributed by atoms with Crippen LogP contribution in [0.1, 0.15) is 68.7 Å². The molecule has 220 valence electrons. The number of aryl methyl sites for hydroxylation is 1. The molecule has 1 aromatic heterocycles. The van der Waals surface area contributed by atoms with Crippen molar-refractivity contribution in [3.63, 3.8) is 0 Å². The maximum Gasteiger partial charge on any atom is 0.406 e. The number of hydrogen-bond acceptors (Lipinski definition) is 6. The highest BCUT2D eigenvalue weighted by Crippen LogP contribution is 2.30. The van der Waals surface area contributed by atoms with Crippen molar-refractivity contribution in [3.05, 3.63) is 41.2 Å².